The number of carbonyl (C=O) groups excluding carboxylic acids is 1. The topological polar surface area (TPSA) is 73.6 Å². The van der Waals surface area contributed by atoms with E-state index < -0.39 is 17.3 Å². The van der Waals surface area contributed by atoms with Gasteiger partial charge in [-0.3, -0.25) is 5.32 Å². The van der Waals surface area contributed by atoms with Crippen LogP contribution in [0.2, 0.25) is 5.02 Å². The van der Waals surface area contributed by atoms with Crippen LogP contribution in [0, 0.1) is 0 Å². The molecule has 0 aliphatic heterocycles. The van der Waals surface area contributed by atoms with Gasteiger partial charge in [0.2, 0.25) is 0 Å². The number of methoxy groups -OCH3 is 1. The van der Waals surface area contributed by atoms with Gasteiger partial charge < -0.3 is 15.2 Å². The molecule has 0 aliphatic carbocycles. The average Bonchev–Trinajstić information content (AvgIpc) is 2.38. The molecular formula is C15H23ClN2O3. The number of carbonyl (C=O) groups is 1. The predicted octanol–water partition coefficient (Wildman–Crippen LogP) is 3.51. The van der Waals surface area contributed by atoms with Gasteiger partial charge in [-0.1, -0.05) is 17.7 Å². The lowest BCUT2D eigenvalue weighted by Gasteiger charge is -2.27. The third-order valence-electron chi connectivity index (χ3n) is 3.05. The van der Waals surface area contributed by atoms with E-state index in [0.717, 1.165) is 5.56 Å². The highest BCUT2D eigenvalue weighted by molar-refractivity contribution is 6.33. The SMILES string of the molecule is COC(C)(CN)c1ccc(Cl)c(NC(=O)OC(C)(C)C)c1. The van der Waals surface area contributed by atoms with Crippen LogP contribution in [0.5, 0.6) is 0 Å². The van der Waals surface area contributed by atoms with Crippen molar-refractivity contribution in [3.8, 4) is 0 Å². The number of halogens is 1. The zero-order valence-corrected chi connectivity index (χ0v) is 13.9. The standard InChI is InChI=1S/C15H23ClN2O3/c1-14(2,3)21-13(19)18-12-8-10(6-7-11(12)16)15(4,9-17)20-5/h6-8H,9,17H2,1-5H3,(H,18,19). The molecule has 0 saturated heterocycles. The molecule has 0 aromatic heterocycles. The number of rotatable bonds is 4. The van der Waals surface area contributed by atoms with E-state index in [0.29, 0.717) is 17.3 Å². The molecule has 6 heteroatoms. The summed E-state index contributed by atoms with van der Waals surface area (Å²) in [5.74, 6) is 0. The summed E-state index contributed by atoms with van der Waals surface area (Å²) >= 11 is 6.11. The Kier molecular flexibility index (Phi) is 5.61. The van der Waals surface area contributed by atoms with E-state index in [1.54, 1.807) is 40.0 Å². The quantitative estimate of drug-likeness (QED) is 0.892. The minimum Gasteiger partial charge on any atom is -0.444 e. The van der Waals surface area contributed by atoms with Crippen molar-refractivity contribution in [1.29, 1.82) is 0 Å². The molecule has 0 heterocycles. The maximum Gasteiger partial charge on any atom is 0.412 e. The Labute approximate surface area is 130 Å². The highest BCUT2D eigenvalue weighted by Gasteiger charge is 2.25. The Morgan fingerprint density at radius 3 is 2.43 bits per heavy atom. The summed E-state index contributed by atoms with van der Waals surface area (Å²) in [4.78, 5) is 11.8. The largest absolute Gasteiger partial charge is 0.444 e. The molecule has 0 saturated carbocycles. The summed E-state index contributed by atoms with van der Waals surface area (Å²) < 4.78 is 10.7. The molecule has 118 valence electrons. The Balaban J connectivity index is 3.01. The molecule has 0 aliphatic rings. The van der Waals surface area contributed by atoms with Crippen LogP contribution in [0.15, 0.2) is 18.2 Å². The lowest BCUT2D eigenvalue weighted by molar-refractivity contribution is 0.0101. The fourth-order valence-corrected chi connectivity index (χ4v) is 1.85. The molecule has 3 N–H and O–H groups in total. The number of anilines is 1. The van der Waals surface area contributed by atoms with Gasteiger partial charge in [0.05, 0.1) is 10.7 Å². The molecule has 1 unspecified atom stereocenters. The Hall–Kier alpha value is -1.30. The number of ether oxygens (including phenoxy) is 2. The first-order chi connectivity index (χ1) is 9.61. The number of hydrogen-bond acceptors (Lipinski definition) is 4. The van der Waals surface area contributed by atoms with Crippen LogP contribution in [0.1, 0.15) is 33.3 Å². The van der Waals surface area contributed by atoms with Crippen molar-refractivity contribution in [3.05, 3.63) is 28.8 Å². The smallest absolute Gasteiger partial charge is 0.412 e. The second-order valence-corrected chi connectivity index (χ2v) is 6.37. The molecule has 0 fully saturated rings. The van der Waals surface area contributed by atoms with Gasteiger partial charge in [-0.2, -0.15) is 0 Å². The number of nitrogens with two attached hydrogens (primary N) is 1. The summed E-state index contributed by atoms with van der Waals surface area (Å²) in [6.45, 7) is 7.55. The first-order valence-electron chi connectivity index (χ1n) is 6.66. The van der Waals surface area contributed by atoms with Crippen molar-refractivity contribution < 1.29 is 14.3 Å². The van der Waals surface area contributed by atoms with Crippen LogP contribution < -0.4 is 11.1 Å². The Bertz CT molecular complexity index is 508. The predicted molar refractivity (Wildman–Crippen MR) is 84.7 cm³/mol. The van der Waals surface area contributed by atoms with Crippen LogP contribution in [-0.2, 0) is 15.1 Å². The van der Waals surface area contributed by atoms with E-state index in [4.69, 9.17) is 26.8 Å². The highest BCUT2D eigenvalue weighted by Crippen LogP contribution is 2.30. The summed E-state index contributed by atoms with van der Waals surface area (Å²) in [6.07, 6.45) is -0.562. The molecule has 5 nitrogen and oxygen atoms in total. The first kappa shape index (κ1) is 17.8. The van der Waals surface area contributed by atoms with Crippen molar-refractivity contribution in [2.45, 2.75) is 38.9 Å². The van der Waals surface area contributed by atoms with Crippen LogP contribution in [0.25, 0.3) is 0 Å². The summed E-state index contributed by atoms with van der Waals surface area (Å²) in [6, 6.07) is 5.25. The summed E-state index contributed by atoms with van der Waals surface area (Å²) in [5, 5.41) is 3.05. The average molecular weight is 315 g/mol. The second-order valence-electron chi connectivity index (χ2n) is 5.96. The zero-order chi connectivity index (χ0) is 16.3. The van der Waals surface area contributed by atoms with E-state index >= 15 is 0 Å². The van der Waals surface area contributed by atoms with Gasteiger partial charge in [-0.25, -0.2) is 4.79 Å². The fraction of sp³-hybridized carbons (Fsp3) is 0.533. The lowest BCUT2D eigenvalue weighted by atomic mass is 9.95. The van der Waals surface area contributed by atoms with E-state index in [9.17, 15) is 4.79 Å². The number of benzene rings is 1. The summed E-state index contributed by atoms with van der Waals surface area (Å²) in [5.41, 5.74) is 5.81. The van der Waals surface area contributed by atoms with Gasteiger partial charge >= 0.3 is 6.09 Å². The van der Waals surface area contributed by atoms with Gasteiger partial charge in [0, 0.05) is 13.7 Å². The van der Waals surface area contributed by atoms with E-state index in [1.807, 2.05) is 13.0 Å². The number of hydrogen-bond donors (Lipinski definition) is 2. The van der Waals surface area contributed by atoms with E-state index in [-0.39, 0.29) is 0 Å². The van der Waals surface area contributed by atoms with Gasteiger partial charge in [0.25, 0.3) is 0 Å². The molecule has 0 bridgehead atoms. The maximum absolute atomic E-state index is 11.8. The maximum atomic E-state index is 11.8. The molecular weight excluding hydrogens is 292 g/mol. The molecule has 21 heavy (non-hydrogen) atoms. The van der Waals surface area contributed by atoms with Crippen LogP contribution in [0.4, 0.5) is 10.5 Å². The minimum atomic E-state index is -0.644. The van der Waals surface area contributed by atoms with Crippen molar-refractivity contribution in [2.75, 3.05) is 19.0 Å². The van der Waals surface area contributed by atoms with Gasteiger partial charge in [0.1, 0.15) is 11.2 Å². The van der Waals surface area contributed by atoms with E-state index in [2.05, 4.69) is 5.32 Å². The van der Waals surface area contributed by atoms with Gasteiger partial charge in [-0.15, -0.1) is 0 Å². The Morgan fingerprint density at radius 1 is 1.33 bits per heavy atom. The fourth-order valence-electron chi connectivity index (χ4n) is 1.68. The molecule has 1 aromatic rings. The molecule has 1 rings (SSSR count). The summed E-state index contributed by atoms with van der Waals surface area (Å²) in [7, 11) is 1.59. The molecule has 1 amide bonds. The van der Waals surface area contributed by atoms with Crippen molar-refractivity contribution in [3.63, 3.8) is 0 Å². The molecule has 1 atom stereocenters. The molecule has 0 radical (unpaired) electrons. The van der Waals surface area contributed by atoms with Crippen LogP contribution in [0.3, 0.4) is 0 Å². The molecule has 0 spiro atoms. The lowest BCUT2D eigenvalue weighted by Crippen LogP contribution is -2.34. The number of amides is 1. The highest BCUT2D eigenvalue weighted by atomic mass is 35.5. The van der Waals surface area contributed by atoms with Crippen molar-refractivity contribution in [1.82, 2.24) is 0 Å². The molecule has 1 aromatic carbocycles. The van der Waals surface area contributed by atoms with Crippen LogP contribution in [-0.4, -0.2) is 25.3 Å². The zero-order valence-electron chi connectivity index (χ0n) is 13.1. The van der Waals surface area contributed by atoms with Gasteiger partial charge in [0.15, 0.2) is 0 Å². The minimum absolute atomic E-state index is 0.303. The van der Waals surface area contributed by atoms with Crippen molar-refractivity contribution >= 4 is 23.4 Å². The first-order valence-corrected chi connectivity index (χ1v) is 7.04. The van der Waals surface area contributed by atoms with Gasteiger partial charge in [-0.05, 0) is 45.4 Å². The van der Waals surface area contributed by atoms with Crippen molar-refractivity contribution in [2.24, 2.45) is 5.73 Å². The normalized spacial score (nSPS) is 14.4. The third kappa shape index (κ3) is 4.88. The van der Waals surface area contributed by atoms with E-state index in [1.165, 1.54) is 0 Å². The third-order valence-corrected chi connectivity index (χ3v) is 3.38. The Morgan fingerprint density at radius 2 is 1.95 bits per heavy atom. The number of nitrogens with one attached hydrogen (secondary N) is 1. The monoisotopic (exact) mass is 314 g/mol. The second kappa shape index (κ2) is 6.64. The van der Waals surface area contributed by atoms with Crippen LogP contribution >= 0.6 is 11.6 Å².